The first-order valence-corrected chi connectivity index (χ1v) is 10.4. The highest BCUT2D eigenvalue weighted by atomic mass is 19.4. The molecule has 32 heavy (non-hydrogen) atoms. The molecule has 170 valence electrons. The van der Waals surface area contributed by atoms with Gasteiger partial charge in [0.25, 0.3) is 0 Å². The van der Waals surface area contributed by atoms with Crippen LogP contribution in [0.5, 0.6) is 5.75 Å². The van der Waals surface area contributed by atoms with Crippen LogP contribution in [-0.4, -0.2) is 46.0 Å². The molecule has 1 fully saturated rings. The molecule has 0 bridgehead atoms. The molecule has 3 aromatic rings. The van der Waals surface area contributed by atoms with Crippen molar-refractivity contribution in [3.05, 3.63) is 77.4 Å². The van der Waals surface area contributed by atoms with E-state index in [4.69, 9.17) is 9.47 Å². The molecule has 0 saturated carbocycles. The Morgan fingerprint density at radius 1 is 1.12 bits per heavy atom. The molecule has 1 aromatic carbocycles. The summed E-state index contributed by atoms with van der Waals surface area (Å²) < 4.78 is 51.4. The Morgan fingerprint density at radius 2 is 1.88 bits per heavy atom. The lowest BCUT2D eigenvalue weighted by atomic mass is 10.1. The molecule has 0 amide bonds. The minimum absolute atomic E-state index is 0.110. The Kier molecular flexibility index (Phi) is 6.76. The predicted molar refractivity (Wildman–Crippen MR) is 112 cm³/mol. The molecular formula is C23H25F3N4O2. The van der Waals surface area contributed by atoms with Gasteiger partial charge in [-0.2, -0.15) is 18.3 Å². The quantitative estimate of drug-likeness (QED) is 0.549. The van der Waals surface area contributed by atoms with Crippen molar-refractivity contribution >= 4 is 0 Å². The van der Waals surface area contributed by atoms with Crippen molar-refractivity contribution in [1.29, 1.82) is 0 Å². The summed E-state index contributed by atoms with van der Waals surface area (Å²) in [6, 6.07) is 10.8. The lowest BCUT2D eigenvalue weighted by Gasteiger charge is -2.32. The van der Waals surface area contributed by atoms with E-state index in [1.807, 2.05) is 25.2 Å². The van der Waals surface area contributed by atoms with Crippen LogP contribution in [-0.2, 0) is 30.9 Å². The van der Waals surface area contributed by atoms with E-state index in [2.05, 4.69) is 15.0 Å². The molecule has 9 heteroatoms. The molecule has 0 unspecified atom stereocenters. The van der Waals surface area contributed by atoms with Crippen LogP contribution in [0.4, 0.5) is 13.2 Å². The fourth-order valence-corrected chi connectivity index (χ4v) is 3.71. The van der Waals surface area contributed by atoms with Crippen molar-refractivity contribution in [3.8, 4) is 5.75 Å². The summed E-state index contributed by atoms with van der Waals surface area (Å²) in [6.45, 7) is 3.42. The molecule has 1 aliphatic rings. The van der Waals surface area contributed by atoms with E-state index < -0.39 is 11.7 Å². The lowest BCUT2D eigenvalue weighted by Crippen LogP contribution is -2.38. The summed E-state index contributed by atoms with van der Waals surface area (Å²) in [7, 11) is 1.87. The van der Waals surface area contributed by atoms with Crippen molar-refractivity contribution < 1.29 is 22.6 Å². The SMILES string of the molecule is Cn1nc([C@H]2CN(Cc3ccncc3)CCO2)cc1CCOc1ccc(C(F)(F)F)cc1. The Bertz CT molecular complexity index is 1010. The third kappa shape index (κ3) is 5.66. The zero-order valence-electron chi connectivity index (χ0n) is 17.8. The normalized spacial score (nSPS) is 17.4. The van der Waals surface area contributed by atoms with Crippen LogP contribution in [0.1, 0.15) is 28.6 Å². The molecule has 2 aromatic heterocycles. The number of nitrogens with zero attached hydrogens (tertiary/aromatic N) is 4. The van der Waals surface area contributed by atoms with Gasteiger partial charge in [-0.15, -0.1) is 0 Å². The fourth-order valence-electron chi connectivity index (χ4n) is 3.71. The van der Waals surface area contributed by atoms with Gasteiger partial charge < -0.3 is 9.47 Å². The summed E-state index contributed by atoms with van der Waals surface area (Å²) in [5.41, 5.74) is 2.37. The maximum atomic E-state index is 12.7. The van der Waals surface area contributed by atoms with Crippen LogP contribution in [0, 0.1) is 0 Å². The molecule has 0 aliphatic carbocycles. The highest BCUT2D eigenvalue weighted by Gasteiger charge is 2.30. The van der Waals surface area contributed by atoms with Crippen molar-refractivity contribution in [2.75, 3.05) is 26.3 Å². The van der Waals surface area contributed by atoms with E-state index >= 15 is 0 Å². The number of benzene rings is 1. The van der Waals surface area contributed by atoms with Gasteiger partial charge in [-0.1, -0.05) is 0 Å². The summed E-state index contributed by atoms with van der Waals surface area (Å²) >= 11 is 0. The average Bonchev–Trinajstić information content (AvgIpc) is 3.15. The van der Waals surface area contributed by atoms with Gasteiger partial charge in [0.15, 0.2) is 0 Å². The first kappa shape index (κ1) is 22.3. The van der Waals surface area contributed by atoms with Crippen LogP contribution >= 0.6 is 0 Å². The monoisotopic (exact) mass is 446 g/mol. The topological polar surface area (TPSA) is 52.4 Å². The Labute approximate surface area is 184 Å². The van der Waals surface area contributed by atoms with E-state index in [0.29, 0.717) is 25.4 Å². The van der Waals surface area contributed by atoms with E-state index in [1.54, 1.807) is 17.1 Å². The number of aromatic nitrogens is 3. The third-order valence-electron chi connectivity index (χ3n) is 5.44. The Hall–Kier alpha value is -2.91. The van der Waals surface area contributed by atoms with E-state index in [9.17, 15) is 13.2 Å². The number of hydrogen-bond acceptors (Lipinski definition) is 5. The largest absolute Gasteiger partial charge is 0.493 e. The second-order valence-corrected chi connectivity index (χ2v) is 7.75. The fraction of sp³-hybridized carbons (Fsp3) is 0.391. The number of rotatable bonds is 7. The maximum absolute atomic E-state index is 12.7. The minimum Gasteiger partial charge on any atom is -0.493 e. The van der Waals surface area contributed by atoms with Crippen LogP contribution in [0.3, 0.4) is 0 Å². The van der Waals surface area contributed by atoms with Gasteiger partial charge in [-0.25, -0.2) is 0 Å². The van der Waals surface area contributed by atoms with Crippen LogP contribution < -0.4 is 4.74 Å². The zero-order valence-corrected chi connectivity index (χ0v) is 17.8. The smallest absolute Gasteiger partial charge is 0.416 e. The molecule has 1 saturated heterocycles. The number of alkyl halides is 3. The van der Waals surface area contributed by atoms with Crippen molar-refractivity contribution in [2.45, 2.75) is 25.2 Å². The Morgan fingerprint density at radius 3 is 2.59 bits per heavy atom. The molecule has 4 rings (SSSR count). The first-order valence-electron chi connectivity index (χ1n) is 10.4. The highest BCUT2D eigenvalue weighted by molar-refractivity contribution is 5.29. The Balaban J connectivity index is 1.31. The second kappa shape index (κ2) is 9.70. The van der Waals surface area contributed by atoms with Crippen LogP contribution in [0.15, 0.2) is 54.9 Å². The average molecular weight is 446 g/mol. The first-order chi connectivity index (χ1) is 15.4. The predicted octanol–water partition coefficient (Wildman–Crippen LogP) is 4.03. The molecule has 0 radical (unpaired) electrons. The number of pyridine rings is 1. The molecular weight excluding hydrogens is 421 g/mol. The summed E-state index contributed by atoms with van der Waals surface area (Å²) in [5, 5.41) is 4.61. The molecule has 0 spiro atoms. The molecule has 6 nitrogen and oxygen atoms in total. The van der Waals surface area contributed by atoms with Crippen molar-refractivity contribution in [2.24, 2.45) is 7.05 Å². The summed E-state index contributed by atoms with van der Waals surface area (Å²) in [6.07, 6.45) is -0.284. The van der Waals surface area contributed by atoms with E-state index in [-0.39, 0.29) is 6.10 Å². The number of halogens is 3. The third-order valence-corrected chi connectivity index (χ3v) is 5.44. The summed E-state index contributed by atoms with van der Waals surface area (Å²) in [5.74, 6) is 0.405. The van der Waals surface area contributed by atoms with Crippen LogP contribution in [0.25, 0.3) is 0 Å². The second-order valence-electron chi connectivity index (χ2n) is 7.75. The molecule has 1 aliphatic heterocycles. The van der Waals surface area contributed by atoms with Gasteiger partial charge in [0.05, 0.1) is 24.5 Å². The van der Waals surface area contributed by atoms with E-state index in [0.717, 1.165) is 43.2 Å². The van der Waals surface area contributed by atoms with Crippen molar-refractivity contribution in [3.63, 3.8) is 0 Å². The standard InChI is InChI=1S/C23H25F3N4O2/c1-29-19(8-12-31-20-4-2-18(3-5-20)23(24,25)26)14-21(28-29)22-16-30(11-13-32-22)15-17-6-9-27-10-7-17/h2-7,9-10,14,22H,8,11-13,15-16H2,1H3/t22-/m1/s1. The minimum atomic E-state index is -4.35. The highest BCUT2D eigenvalue weighted by Crippen LogP contribution is 2.30. The van der Waals surface area contributed by atoms with Gasteiger partial charge in [-0.05, 0) is 48.0 Å². The molecule has 1 atom stereocenters. The van der Waals surface area contributed by atoms with Crippen molar-refractivity contribution in [1.82, 2.24) is 19.7 Å². The summed E-state index contributed by atoms with van der Waals surface area (Å²) in [4.78, 5) is 6.40. The maximum Gasteiger partial charge on any atom is 0.416 e. The van der Waals surface area contributed by atoms with Gasteiger partial charge in [-0.3, -0.25) is 14.6 Å². The molecule has 3 heterocycles. The lowest BCUT2D eigenvalue weighted by molar-refractivity contribution is -0.137. The van der Waals surface area contributed by atoms with Gasteiger partial charge >= 0.3 is 6.18 Å². The van der Waals surface area contributed by atoms with Crippen LogP contribution in [0.2, 0.25) is 0 Å². The number of morpholine rings is 1. The zero-order chi connectivity index (χ0) is 22.6. The van der Waals surface area contributed by atoms with Gasteiger partial charge in [0.2, 0.25) is 0 Å². The number of aryl methyl sites for hydroxylation is 1. The molecule has 0 N–H and O–H groups in total. The number of hydrogen-bond donors (Lipinski definition) is 0. The van der Waals surface area contributed by atoms with Gasteiger partial charge in [0, 0.05) is 51.2 Å². The van der Waals surface area contributed by atoms with Gasteiger partial charge in [0.1, 0.15) is 11.9 Å². The number of ether oxygens (including phenoxy) is 2. The van der Waals surface area contributed by atoms with E-state index in [1.165, 1.54) is 17.7 Å².